The first-order chi connectivity index (χ1) is 13.0. The van der Waals surface area contributed by atoms with Gasteiger partial charge in [-0.2, -0.15) is 0 Å². The Hall–Kier alpha value is -2.38. The van der Waals surface area contributed by atoms with Gasteiger partial charge in [0.15, 0.2) is 0 Å². The Bertz CT molecular complexity index is 1060. The molecule has 0 bridgehead atoms. The third kappa shape index (κ3) is 3.70. The van der Waals surface area contributed by atoms with Crippen molar-refractivity contribution in [3.05, 3.63) is 59.4 Å². The lowest BCUT2D eigenvalue weighted by molar-refractivity contribution is -0.122. The zero-order valence-corrected chi connectivity index (χ0v) is 16.0. The summed E-state index contributed by atoms with van der Waals surface area (Å²) in [6.45, 7) is -0.250. The Kier molecular flexibility index (Phi) is 5.82. The number of carbonyl (C=O) groups is 1. The van der Waals surface area contributed by atoms with Gasteiger partial charge in [-0.3, -0.25) is 9.78 Å². The van der Waals surface area contributed by atoms with Gasteiger partial charge in [0.1, 0.15) is 4.90 Å². The van der Waals surface area contributed by atoms with E-state index >= 15 is 0 Å². The molecule has 8 heteroatoms. The van der Waals surface area contributed by atoms with Crippen LogP contribution in [0.2, 0.25) is 5.02 Å². The fourth-order valence-electron chi connectivity index (χ4n) is 3.55. The second kappa shape index (κ2) is 8.10. The van der Waals surface area contributed by atoms with Gasteiger partial charge in [0, 0.05) is 18.0 Å². The van der Waals surface area contributed by atoms with E-state index in [4.69, 9.17) is 21.5 Å². The van der Waals surface area contributed by atoms with Crippen molar-refractivity contribution >= 4 is 39.1 Å². The standard InChI is InChI=1S/C18H17ClN2O2S.CH2O2/c19-15-8-3-4-10-17(15)24(22,23)21-12-14(13-6-1-2-7-13)18-16(21)9-5-11-20-18;2-1-3/h3-5,8-13H,1-2,6-7H2;1H,(H,2,3). The molecule has 0 atom stereocenters. The maximum atomic E-state index is 13.1. The number of carboxylic acid groups (broad SMARTS) is 1. The van der Waals surface area contributed by atoms with E-state index in [1.165, 1.54) is 22.9 Å². The molecule has 27 heavy (non-hydrogen) atoms. The molecule has 0 radical (unpaired) electrons. The number of benzene rings is 1. The van der Waals surface area contributed by atoms with Gasteiger partial charge in [-0.15, -0.1) is 0 Å². The van der Waals surface area contributed by atoms with E-state index in [0.29, 0.717) is 11.4 Å². The molecule has 1 saturated carbocycles. The van der Waals surface area contributed by atoms with Crippen LogP contribution in [0.4, 0.5) is 0 Å². The van der Waals surface area contributed by atoms with Gasteiger partial charge in [-0.25, -0.2) is 12.4 Å². The predicted octanol–water partition coefficient (Wildman–Crippen LogP) is 4.29. The van der Waals surface area contributed by atoms with Gasteiger partial charge < -0.3 is 5.11 Å². The highest BCUT2D eigenvalue weighted by Crippen LogP contribution is 2.39. The van der Waals surface area contributed by atoms with E-state index in [9.17, 15) is 8.42 Å². The molecular weight excluding hydrogens is 388 g/mol. The molecule has 1 N–H and O–H groups in total. The maximum absolute atomic E-state index is 13.1. The lowest BCUT2D eigenvalue weighted by Crippen LogP contribution is -2.12. The van der Waals surface area contributed by atoms with E-state index in [1.54, 1.807) is 42.7 Å². The van der Waals surface area contributed by atoms with Gasteiger partial charge in [0.2, 0.25) is 0 Å². The average molecular weight is 407 g/mol. The monoisotopic (exact) mass is 406 g/mol. The highest BCUT2D eigenvalue weighted by atomic mass is 35.5. The molecule has 142 valence electrons. The quantitative estimate of drug-likeness (QED) is 0.655. The van der Waals surface area contributed by atoms with Crippen molar-refractivity contribution in [3.63, 3.8) is 0 Å². The molecule has 1 aliphatic carbocycles. The molecule has 1 aliphatic rings. The molecule has 0 aliphatic heterocycles. The van der Waals surface area contributed by atoms with E-state index in [-0.39, 0.29) is 16.4 Å². The molecule has 1 fully saturated rings. The summed E-state index contributed by atoms with van der Waals surface area (Å²) in [4.78, 5) is 12.9. The Morgan fingerprint density at radius 3 is 2.48 bits per heavy atom. The second-order valence-corrected chi connectivity index (χ2v) is 8.46. The molecular formula is C19H19ClN2O4S. The van der Waals surface area contributed by atoms with Crippen LogP contribution in [0.25, 0.3) is 11.0 Å². The maximum Gasteiger partial charge on any atom is 0.290 e. The van der Waals surface area contributed by atoms with Crippen molar-refractivity contribution in [2.45, 2.75) is 36.5 Å². The minimum absolute atomic E-state index is 0.116. The Morgan fingerprint density at radius 1 is 1.15 bits per heavy atom. The molecule has 0 amide bonds. The van der Waals surface area contributed by atoms with Crippen molar-refractivity contribution < 1.29 is 18.3 Å². The third-order valence-corrected chi connectivity index (χ3v) is 6.90. The minimum Gasteiger partial charge on any atom is -0.483 e. The van der Waals surface area contributed by atoms with Crippen molar-refractivity contribution in [1.29, 1.82) is 0 Å². The topological polar surface area (TPSA) is 89.3 Å². The number of pyridine rings is 1. The molecule has 2 heterocycles. The van der Waals surface area contributed by atoms with Gasteiger partial charge in [-0.05, 0) is 43.0 Å². The summed E-state index contributed by atoms with van der Waals surface area (Å²) in [6.07, 6.45) is 7.99. The number of rotatable bonds is 3. The average Bonchev–Trinajstić information content (AvgIpc) is 3.30. The van der Waals surface area contributed by atoms with E-state index in [0.717, 1.165) is 23.9 Å². The van der Waals surface area contributed by atoms with Crippen LogP contribution in [-0.2, 0) is 14.8 Å². The molecule has 2 aromatic heterocycles. The van der Waals surface area contributed by atoms with Crippen LogP contribution in [0.3, 0.4) is 0 Å². The highest BCUT2D eigenvalue weighted by Gasteiger charge is 2.27. The number of halogens is 1. The van der Waals surface area contributed by atoms with E-state index in [2.05, 4.69) is 4.98 Å². The minimum atomic E-state index is -3.76. The number of nitrogens with zero attached hydrogens (tertiary/aromatic N) is 2. The third-order valence-electron chi connectivity index (χ3n) is 4.72. The van der Waals surface area contributed by atoms with E-state index in [1.807, 2.05) is 0 Å². The molecule has 0 saturated heterocycles. The Balaban J connectivity index is 0.000000659. The summed E-state index contributed by atoms with van der Waals surface area (Å²) in [5.41, 5.74) is 2.41. The molecule has 4 rings (SSSR count). The Labute approximate surface area is 162 Å². The number of fused-ring (bicyclic) bond motifs is 1. The van der Waals surface area contributed by atoms with Crippen LogP contribution in [0, 0.1) is 0 Å². The van der Waals surface area contributed by atoms with Crippen LogP contribution < -0.4 is 0 Å². The van der Waals surface area contributed by atoms with Crippen molar-refractivity contribution in [1.82, 2.24) is 8.96 Å². The zero-order valence-electron chi connectivity index (χ0n) is 14.5. The van der Waals surface area contributed by atoms with Crippen molar-refractivity contribution in [2.75, 3.05) is 0 Å². The summed E-state index contributed by atoms with van der Waals surface area (Å²) in [7, 11) is -3.76. The first-order valence-corrected chi connectivity index (χ1v) is 10.4. The first-order valence-electron chi connectivity index (χ1n) is 8.54. The number of aromatic nitrogens is 2. The first kappa shape index (κ1) is 19.4. The largest absolute Gasteiger partial charge is 0.483 e. The van der Waals surface area contributed by atoms with Gasteiger partial charge >= 0.3 is 0 Å². The zero-order chi connectivity index (χ0) is 19.4. The Morgan fingerprint density at radius 2 is 1.81 bits per heavy atom. The highest BCUT2D eigenvalue weighted by molar-refractivity contribution is 7.90. The fourth-order valence-corrected chi connectivity index (χ4v) is 5.41. The lowest BCUT2D eigenvalue weighted by atomic mass is 10.00. The number of hydrogen-bond acceptors (Lipinski definition) is 4. The fraction of sp³-hybridized carbons (Fsp3) is 0.263. The number of hydrogen-bond donors (Lipinski definition) is 1. The van der Waals surface area contributed by atoms with Crippen molar-refractivity contribution in [2.24, 2.45) is 0 Å². The molecule has 6 nitrogen and oxygen atoms in total. The van der Waals surface area contributed by atoms with Crippen LogP contribution in [0.1, 0.15) is 37.2 Å². The van der Waals surface area contributed by atoms with Gasteiger partial charge in [0.05, 0.1) is 16.1 Å². The smallest absolute Gasteiger partial charge is 0.290 e. The SMILES string of the molecule is O=CO.O=S(=O)(c1ccccc1Cl)n1cc(C2CCCC2)c2ncccc21. The molecule has 0 unspecified atom stereocenters. The summed E-state index contributed by atoms with van der Waals surface area (Å²) in [5, 5.41) is 7.12. The summed E-state index contributed by atoms with van der Waals surface area (Å²) in [5.74, 6) is 0.380. The second-order valence-electron chi connectivity index (χ2n) is 6.27. The predicted molar refractivity (Wildman–Crippen MR) is 104 cm³/mol. The summed E-state index contributed by atoms with van der Waals surface area (Å²) >= 11 is 6.14. The summed E-state index contributed by atoms with van der Waals surface area (Å²) < 4.78 is 27.6. The lowest BCUT2D eigenvalue weighted by Gasteiger charge is -2.09. The molecule has 3 aromatic rings. The van der Waals surface area contributed by atoms with E-state index < -0.39 is 10.0 Å². The van der Waals surface area contributed by atoms with Crippen LogP contribution in [0.5, 0.6) is 0 Å². The van der Waals surface area contributed by atoms with Gasteiger partial charge in [-0.1, -0.05) is 36.6 Å². The molecule has 0 spiro atoms. The van der Waals surface area contributed by atoms with Crippen LogP contribution >= 0.6 is 11.6 Å². The van der Waals surface area contributed by atoms with Crippen LogP contribution in [-0.4, -0.2) is 29.0 Å². The molecule has 1 aromatic carbocycles. The normalized spacial score (nSPS) is 14.7. The van der Waals surface area contributed by atoms with Gasteiger partial charge in [0.25, 0.3) is 16.5 Å². The van der Waals surface area contributed by atoms with Crippen molar-refractivity contribution in [3.8, 4) is 0 Å². The summed E-state index contributed by atoms with van der Waals surface area (Å²) in [6, 6.07) is 10.1. The van der Waals surface area contributed by atoms with Crippen LogP contribution in [0.15, 0.2) is 53.7 Å².